The van der Waals surface area contributed by atoms with E-state index in [2.05, 4.69) is 125 Å². The summed E-state index contributed by atoms with van der Waals surface area (Å²) >= 11 is 0. The van der Waals surface area contributed by atoms with Gasteiger partial charge in [0.05, 0.1) is 26.4 Å². The van der Waals surface area contributed by atoms with Gasteiger partial charge in [0.15, 0.2) is 12.2 Å². The van der Waals surface area contributed by atoms with Gasteiger partial charge in [-0.3, -0.25) is 37.3 Å². The molecule has 0 bridgehead atoms. The van der Waals surface area contributed by atoms with Gasteiger partial charge in [0.25, 0.3) is 0 Å². The first-order chi connectivity index (χ1) is 47.7. The molecule has 0 spiro atoms. The van der Waals surface area contributed by atoms with E-state index in [1.807, 2.05) is 0 Å². The van der Waals surface area contributed by atoms with Crippen molar-refractivity contribution in [2.45, 2.75) is 341 Å². The molecule has 98 heavy (non-hydrogen) atoms. The Morgan fingerprint density at radius 3 is 0.888 bits per heavy atom. The number of aliphatic hydroxyl groups is 1. The molecule has 19 heteroatoms. The van der Waals surface area contributed by atoms with Crippen LogP contribution in [-0.2, 0) is 65.4 Å². The number of unbranched alkanes of at least 4 members (excludes halogenated alkanes) is 30. The van der Waals surface area contributed by atoms with Gasteiger partial charge in [-0.15, -0.1) is 0 Å². The first kappa shape index (κ1) is 94.0. The third kappa shape index (κ3) is 70.4. The van der Waals surface area contributed by atoms with Gasteiger partial charge in [0.1, 0.15) is 19.3 Å². The number of esters is 4. The van der Waals surface area contributed by atoms with E-state index in [0.717, 1.165) is 161 Å². The number of carbonyl (C=O) groups excluding carboxylic acids is 4. The predicted molar refractivity (Wildman–Crippen MR) is 399 cm³/mol. The van der Waals surface area contributed by atoms with Crippen molar-refractivity contribution in [2.75, 3.05) is 39.6 Å². The van der Waals surface area contributed by atoms with Crippen LogP contribution < -0.4 is 0 Å². The fourth-order valence-corrected chi connectivity index (χ4v) is 11.7. The third-order valence-corrected chi connectivity index (χ3v) is 17.9. The van der Waals surface area contributed by atoms with Crippen LogP contribution in [0, 0.1) is 0 Å². The standard InChI is InChI=1S/C79H138O17P2/c1-5-9-13-17-21-25-29-32-34-35-36-37-39-42-45-48-52-56-60-64-77(82)89-69-74(95-78(83)65-61-57-53-49-43-28-24-20-16-12-8-4)71-93-97(85,86)91-67-73(80)68-92-98(87,88)94-72-75(96-79(84)66-62-58-54-50-46-40-31-27-23-19-15-11-7-3)70-90-76(81)63-59-55-51-47-44-41-38-33-30-26-22-18-14-10-6-2/h9,13,20-22,24-26,32-34,36-38,42,45,73-75,80H,5-8,10-12,14-19,23,27-31,35,39-41,43-44,46-72H2,1-4H3,(H,85,86)(H,87,88)/b13-9-,24-20-,25-21-,26-22-,34-32-,37-36-,38-33-,45-42-. The van der Waals surface area contributed by atoms with Gasteiger partial charge in [-0.1, -0.05) is 273 Å². The highest BCUT2D eigenvalue weighted by atomic mass is 31.2. The van der Waals surface area contributed by atoms with Crippen LogP contribution in [0.1, 0.15) is 323 Å². The van der Waals surface area contributed by atoms with Crippen molar-refractivity contribution in [3.8, 4) is 0 Å². The summed E-state index contributed by atoms with van der Waals surface area (Å²) in [6.45, 7) is 4.65. The Labute approximate surface area is 595 Å². The molecule has 0 heterocycles. The van der Waals surface area contributed by atoms with Crippen molar-refractivity contribution in [2.24, 2.45) is 0 Å². The lowest BCUT2D eigenvalue weighted by molar-refractivity contribution is -0.161. The molecule has 0 aliphatic carbocycles. The van der Waals surface area contributed by atoms with Gasteiger partial charge in [0.2, 0.25) is 0 Å². The number of allylic oxidation sites excluding steroid dienone is 16. The summed E-state index contributed by atoms with van der Waals surface area (Å²) in [6, 6.07) is 0. The number of carbonyl (C=O) groups is 4. The average Bonchev–Trinajstić information content (AvgIpc) is 1.00. The van der Waals surface area contributed by atoms with Crippen LogP contribution in [0.4, 0.5) is 0 Å². The Bertz CT molecular complexity index is 2240. The van der Waals surface area contributed by atoms with E-state index < -0.39 is 97.5 Å². The molecular formula is C79H138O17P2. The van der Waals surface area contributed by atoms with Crippen LogP contribution in [0.5, 0.6) is 0 Å². The summed E-state index contributed by atoms with van der Waals surface area (Å²) in [5.74, 6) is -2.22. The van der Waals surface area contributed by atoms with E-state index in [1.54, 1.807) is 0 Å². The summed E-state index contributed by atoms with van der Waals surface area (Å²) in [4.78, 5) is 72.8. The number of hydrogen-bond donors (Lipinski definition) is 3. The Hall–Kier alpha value is -4.02. The van der Waals surface area contributed by atoms with Gasteiger partial charge in [-0.05, 0) is 122 Å². The molecule has 0 amide bonds. The lowest BCUT2D eigenvalue weighted by atomic mass is 10.0. The largest absolute Gasteiger partial charge is 0.472 e. The Morgan fingerprint density at radius 2 is 0.541 bits per heavy atom. The van der Waals surface area contributed by atoms with Crippen LogP contribution in [0.3, 0.4) is 0 Å². The van der Waals surface area contributed by atoms with Crippen LogP contribution in [-0.4, -0.2) is 96.7 Å². The van der Waals surface area contributed by atoms with E-state index in [4.69, 9.17) is 37.0 Å². The molecule has 17 nitrogen and oxygen atoms in total. The van der Waals surface area contributed by atoms with Crippen molar-refractivity contribution in [1.82, 2.24) is 0 Å². The maximum Gasteiger partial charge on any atom is 0.472 e. The first-order valence-electron chi connectivity index (χ1n) is 38.5. The van der Waals surface area contributed by atoms with E-state index in [-0.39, 0.29) is 25.7 Å². The van der Waals surface area contributed by atoms with E-state index in [1.165, 1.54) is 83.5 Å². The summed E-state index contributed by atoms with van der Waals surface area (Å²) in [5.41, 5.74) is 0. The zero-order valence-corrected chi connectivity index (χ0v) is 63.5. The van der Waals surface area contributed by atoms with Gasteiger partial charge in [-0.25, -0.2) is 9.13 Å². The second-order valence-corrected chi connectivity index (χ2v) is 28.5. The Kier molecular flexibility index (Phi) is 68.4. The molecule has 0 aliphatic rings. The molecule has 0 rings (SSSR count). The van der Waals surface area contributed by atoms with Crippen LogP contribution in [0.15, 0.2) is 97.2 Å². The number of ether oxygens (including phenoxy) is 4. The van der Waals surface area contributed by atoms with E-state index >= 15 is 0 Å². The second kappa shape index (κ2) is 71.4. The number of phosphoric ester groups is 2. The summed E-state index contributed by atoms with van der Waals surface area (Å²) in [5, 5.41) is 10.6. The lowest BCUT2D eigenvalue weighted by Gasteiger charge is -2.21. The number of rotatable bonds is 72. The highest BCUT2D eigenvalue weighted by Crippen LogP contribution is 2.45. The number of aliphatic hydroxyl groups excluding tert-OH is 1. The molecule has 0 aliphatic heterocycles. The maximum absolute atomic E-state index is 13.1. The number of hydrogen-bond acceptors (Lipinski definition) is 15. The van der Waals surface area contributed by atoms with Crippen molar-refractivity contribution in [3.63, 3.8) is 0 Å². The van der Waals surface area contributed by atoms with Crippen molar-refractivity contribution >= 4 is 39.5 Å². The van der Waals surface area contributed by atoms with Crippen molar-refractivity contribution in [1.29, 1.82) is 0 Å². The van der Waals surface area contributed by atoms with E-state index in [0.29, 0.717) is 25.7 Å². The maximum atomic E-state index is 13.1. The molecule has 0 aromatic heterocycles. The fraction of sp³-hybridized carbons (Fsp3) is 0.747. The molecular weight excluding hydrogens is 1280 g/mol. The summed E-state index contributed by atoms with van der Waals surface area (Å²) in [6.07, 6.45) is 74.0. The molecule has 0 aromatic rings. The average molecular weight is 1420 g/mol. The normalized spacial score (nSPS) is 14.5. The highest BCUT2D eigenvalue weighted by molar-refractivity contribution is 7.47. The molecule has 5 atom stereocenters. The number of phosphoric acid groups is 2. The molecule has 0 saturated heterocycles. The van der Waals surface area contributed by atoms with Gasteiger partial charge >= 0.3 is 39.5 Å². The molecule has 3 N–H and O–H groups in total. The monoisotopic (exact) mass is 1420 g/mol. The second-order valence-electron chi connectivity index (χ2n) is 25.6. The zero-order valence-electron chi connectivity index (χ0n) is 61.7. The van der Waals surface area contributed by atoms with Crippen LogP contribution in [0.2, 0.25) is 0 Å². The van der Waals surface area contributed by atoms with Gasteiger partial charge < -0.3 is 33.8 Å². The molecule has 0 fully saturated rings. The van der Waals surface area contributed by atoms with Crippen molar-refractivity contribution in [3.05, 3.63) is 97.2 Å². The fourth-order valence-electron chi connectivity index (χ4n) is 10.1. The topological polar surface area (TPSA) is 237 Å². The van der Waals surface area contributed by atoms with Gasteiger partial charge in [0, 0.05) is 25.7 Å². The smallest absolute Gasteiger partial charge is 0.462 e. The molecule has 0 aromatic carbocycles. The minimum Gasteiger partial charge on any atom is -0.462 e. The molecule has 0 radical (unpaired) electrons. The zero-order chi connectivity index (χ0) is 71.8. The summed E-state index contributed by atoms with van der Waals surface area (Å²) < 4.78 is 68.4. The Balaban J connectivity index is 5.33. The Morgan fingerprint density at radius 1 is 0.296 bits per heavy atom. The predicted octanol–water partition coefficient (Wildman–Crippen LogP) is 22.0. The molecule has 5 unspecified atom stereocenters. The van der Waals surface area contributed by atoms with Crippen LogP contribution >= 0.6 is 15.6 Å². The molecule has 566 valence electrons. The lowest BCUT2D eigenvalue weighted by Crippen LogP contribution is -2.30. The van der Waals surface area contributed by atoms with Crippen molar-refractivity contribution < 1.29 is 80.2 Å². The highest BCUT2D eigenvalue weighted by Gasteiger charge is 2.30. The SMILES string of the molecule is CC/C=C\C/C=C\C/C=C\C/C=C\C/C=C\CCCCCC(=O)OCC(COP(=O)(O)OCC(O)COP(=O)(O)OCC(COC(=O)CCCCCCC/C=C\C/C=C\CCCCC)OC(=O)CCCCCCCCCCCCCCC)OC(=O)CCCCCCC/C=C\CCCC. The first-order valence-corrected chi connectivity index (χ1v) is 41.5. The van der Waals surface area contributed by atoms with E-state index in [9.17, 15) is 43.2 Å². The molecule has 0 saturated carbocycles. The minimum atomic E-state index is -4.98. The van der Waals surface area contributed by atoms with Gasteiger partial charge in [-0.2, -0.15) is 0 Å². The quantitative estimate of drug-likeness (QED) is 0.0169. The summed E-state index contributed by atoms with van der Waals surface area (Å²) in [7, 11) is -9.95. The van der Waals surface area contributed by atoms with Crippen LogP contribution in [0.25, 0.3) is 0 Å². The minimum absolute atomic E-state index is 0.0765. The third-order valence-electron chi connectivity index (χ3n) is 16.0.